The number of nitrogens with one attached hydrogen (secondary N) is 1. The topological polar surface area (TPSA) is 38.3 Å². The molecule has 0 fully saturated rings. The Morgan fingerprint density at radius 2 is 1.95 bits per heavy atom. The lowest BCUT2D eigenvalue weighted by Crippen LogP contribution is -2.52. The first kappa shape index (κ1) is 18.1. The predicted octanol–water partition coefficient (Wildman–Crippen LogP) is 3.59. The van der Waals surface area contributed by atoms with E-state index in [2.05, 4.69) is 26.1 Å². The molecular weight excluding hydrogens is 282 g/mol. The third kappa shape index (κ3) is 5.04. The molecule has 4 heteroatoms. The first-order valence-electron chi connectivity index (χ1n) is 7.66. The van der Waals surface area contributed by atoms with Crippen LogP contribution in [-0.2, 0) is 15.1 Å². The zero-order valence-corrected chi connectivity index (χ0v) is 14.3. The minimum atomic E-state index is -0.762. The fourth-order valence-corrected chi connectivity index (χ4v) is 3.06. The minimum Gasteiger partial charge on any atom is -0.464 e. The van der Waals surface area contributed by atoms with Crippen molar-refractivity contribution in [3.63, 3.8) is 0 Å². The molecule has 3 nitrogen and oxygen atoms in total. The van der Waals surface area contributed by atoms with Crippen molar-refractivity contribution in [3.05, 3.63) is 35.9 Å². The largest absolute Gasteiger partial charge is 0.464 e. The van der Waals surface area contributed by atoms with Crippen LogP contribution in [0.4, 0.5) is 0 Å². The smallest absolute Gasteiger partial charge is 0.331 e. The molecule has 0 radical (unpaired) electrons. The first-order chi connectivity index (χ1) is 10.1. The van der Waals surface area contributed by atoms with Gasteiger partial charge in [-0.1, -0.05) is 51.1 Å². The summed E-state index contributed by atoms with van der Waals surface area (Å²) in [4.78, 5) is 12.7. The Morgan fingerprint density at radius 3 is 2.48 bits per heavy atom. The molecule has 1 rings (SSSR count). The van der Waals surface area contributed by atoms with Crippen LogP contribution >= 0.6 is 11.8 Å². The first-order valence-corrected chi connectivity index (χ1v) is 8.71. The third-order valence-corrected chi connectivity index (χ3v) is 4.47. The van der Waals surface area contributed by atoms with Gasteiger partial charge in [-0.05, 0) is 30.7 Å². The summed E-state index contributed by atoms with van der Waals surface area (Å²) in [5.74, 6) is 0.492. The van der Waals surface area contributed by atoms with Gasteiger partial charge >= 0.3 is 5.97 Å². The van der Waals surface area contributed by atoms with Gasteiger partial charge < -0.3 is 4.74 Å². The van der Waals surface area contributed by atoms with Crippen molar-refractivity contribution < 1.29 is 9.53 Å². The van der Waals surface area contributed by atoms with E-state index in [0.29, 0.717) is 17.6 Å². The highest BCUT2D eigenvalue weighted by Gasteiger charge is 2.41. The molecule has 1 N–H and O–H groups in total. The Balaban J connectivity index is 3.15. The van der Waals surface area contributed by atoms with Gasteiger partial charge in [-0.15, -0.1) is 0 Å². The zero-order chi connectivity index (χ0) is 15.7. The molecule has 0 aromatic heterocycles. The van der Waals surface area contributed by atoms with E-state index < -0.39 is 5.54 Å². The van der Waals surface area contributed by atoms with Crippen LogP contribution in [0.5, 0.6) is 0 Å². The van der Waals surface area contributed by atoms with E-state index in [4.69, 9.17) is 4.74 Å². The molecule has 1 aromatic rings. The van der Waals surface area contributed by atoms with Crippen LogP contribution in [-0.4, -0.2) is 30.1 Å². The average molecular weight is 309 g/mol. The molecule has 0 amide bonds. The normalized spacial score (nSPS) is 14.0. The number of benzene rings is 1. The summed E-state index contributed by atoms with van der Waals surface area (Å²) in [5.41, 5.74) is 0.215. The van der Waals surface area contributed by atoms with Crippen molar-refractivity contribution in [1.82, 2.24) is 5.32 Å². The number of carbonyl (C=O) groups excluding carboxylic acids is 1. The molecule has 1 atom stereocenters. The van der Waals surface area contributed by atoms with Crippen molar-refractivity contribution in [2.75, 3.05) is 18.9 Å². The maximum Gasteiger partial charge on any atom is 0.331 e. The highest BCUT2D eigenvalue weighted by atomic mass is 32.2. The molecule has 0 aliphatic carbocycles. The van der Waals surface area contributed by atoms with Crippen LogP contribution in [0.2, 0.25) is 0 Å². The van der Waals surface area contributed by atoms with Crippen LogP contribution in [0.25, 0.3) is 0 Å². The molecule has 0 saturated carbocycles. The number of esters is 1. The Labute approximate surface area is 132 Å². The van der Waals surface area contributed by atoms with Gasteiger partial charge in [0, 0.05) is 5.75 Å². The number of hydrogen-bond donors (Lipinski definition) is 1. The van der Waals surface area contributed by atoms with E-state index in [1.807, 2.05) is 37.3 Å². The number of hydrogen-bond acceptors (Lipinski definition) is 4. The monoisotopic (exact) mass is 309 g/mol. The molecule has 0 saturated heterocycles. The molecule has 21 heavy (non-hydrogen) atoms. The lowest BCUT2D eigenvalue weighted by molar-refractivity contribution is -0.150. The van der Waals surface area contributed by atoms with Crippen molar-refractivity contribution >= 4 is 17.7 Å². The van der Waals surface area contributed by atoms with Crippen LogP contribution in [0.3, 0.4) is 0 Å². The van der Waals surface area contributed by atoms with Crippen molar-refractivity contribution in [3.8, 4) is 0 Å². The molecule has 1 aromatic carbocycles. The molecule has 0 aliphatic heterocycles. The van der Waals surface area contributed by atoms with E-state index in [1.54, 1.807) is 11.8 Å². The molecule has 0 heterocycles. The minimum absolute atomic E-state index is 0.183. The number of ether oxygens (including phenoxy) is 1. The van der Waals surface area contributed by atoms with E-state index >= 15 is 0 Å². The predicted molar refractivity (Wildman–Crippen MR) is 90.6 cm³/mol. The Morgan fingerprint density at radius 1 is 1.29 bits per heavy atom. The van der Waals surface area contributed by atoms with Gasteiger partial charge in [0.2, 0.25) is 0 Å². The molecular formula is C17H27NO2S. The molecule has 1 unspecified atom stereocenters. The summed E-state index contributed by atoms with van der Waals surface area (Å²) in [7, 11) is 0. The summed E-state index contributed by atoms with van der Waals surface area (Å²) in [6.07, 6.45) is 0.973. The van der Waals surface area contributed by atoms with E-state index in [9.17, 15) is 4.79 Å². The zero-order valence-electron chi connectivity index (χ0n) is 13.5. The van der Waals surface area contributed by atoms with Gasteiger partial charge in [0.25, 0.3) is 0 Å². The van der Waals surface area contributed by atoms with E-state index in [0.717, 1.165) is 18.5 Å². The highest BCUT2D eigenvalue weighted by molar-refractivity contribution is 7.99. The lowest BCUT2D eigenvalue weighted by atomic mass is 9.91. The molecule has 0 spiro atoms. The van der Waals surface area contributed by atoms with Gasteiger partial charge in [0.1, 0.15) is 0 Å². The standard InChI is InChI=1S/C17H27NO2S/c1-5-12-18-17(13-21-14(3)4,16(19)20-6-2)15-10-8-7-9-11-15/h7-11,14,18H,5-6,12-13H2,1-4H3. The van der Waals surface area contributed by atoms with Crippen molar-refractivity contribution in [2.24, 2.45) is 0 Å². The molecule has 0 aliphatic rings. The van der Waals surface area contributed by atoms with Crippen LogP contribution in [0, 0.1) is 0 Å². The van der Waals surface area contributed by atoms with E-state index in [-0.39, 0.29) is 5.97 Å². The summed E-state index contributed by atoms with van der Waals surface area (Å²) < 4.78 is 5.38. The molecule has 0 bridgehead atoms. The fourth-order valence-electron chi connectivity index (χ4n) is 2.09. The average Bonchev–Trinajstić information content (AvgIpc) is 2.48. The SMILES string of the molecule is CCCNC(CSC(C)C)(C(=O)OCC)c1ccccc1. The Hall–Kier alpha value is -1.00. The fraction of sp³-hybridized carbons (Fsp3) is 0.588. The lowest BCUT2D eigenvalue weighted by Gasteiger charge is -2.33. The van der Waals surface area contributed by atoms with Gasteiger partial charge in [-0.25, -0.2) is 4.79 Å². The summed E-state index contributed by atoms with van der Waals surface area (Å²) in [6.45, 7) is 9.42. The summed E-state index contributed by atoms with van der Waals surface area (Å²) in [6, 6.07) is 9.91. The van der Waals surface area contributed by atoms with Crippen LogP contribution in [0.15, 0.2) is 30.3 Å². The highest BCUT2D eigenvalue weighted by Crippen LogP contribution is 2.29. The summed E-state index contributed by atoms with van der Waals surface area (Å²) in [5, 5.41) is 3.91. The second-order valence-corrected chi connectivity index (χ2v) is 6.84. The van der Waals surface area contributed by atoms with Crippen LogP contribution in [0.1, 0.15) is 39.7 Å². The second-order valence-electron chi connectivity index (χ2n) is 5.28. The van der Waals surface area contributed by atoms with Crippen molar-refractivity contribution in [2.45, 2.75) is 44.9 Å². The number of thioether (sulfide) groups is 1. The van der Waals surface area contributed by atoms with Gasteiger partial charge in [0.15, 0.2) is 5.54 Å². The number of rotatable bonds is 9. The third-order valence-electron chi connectivity index (χ3n) is 3.20. The van der Waals surface area contributed by atoms with E-state index in [1.165, 1.54) is 0 Å². The molecule has 118 valence electrons. The van der Waals surface area contributed by atoms with Crippen LogP contribution < -0.4 is 5.32 Å². The maximum absolute atomic E-state index is 12.7. The number of carbonyl (C=O) groups is 1. The second kappa shape index (κ2) is 9.11. The quantitative estimate of drug-likeness (QED) is 0.708. The van der Waals surface area contributed by atoms with Crippen molar-refractivity contribution in [1.29, 1.82) is 0 Å². The van der Waals surface area contributed by atoms with Gasteiger partial charge in [-0.2, -0.15) is 11.8 Å². The summed E-state index contributed by atoms with van der Waals surface area (Å²) >= 11 is 1.77. The van der Waals surface area contributed by atoms with Gasteiger partial charge in [0.05, 0.1) is 6.61 Å². The Kier molecular flexibility index (Phi) is 7.83. The Bertz CT molecular complexity index is 422. The maximum atomic E-state index is 12.7. The van der Waals surface area contributed by atoms with Gasteiger partial charge in [-0.3, -0.25) is 5.32 Å².